The number of benzene rings is 2. The minimum atomic E-state index is -0.970. The van der Waals surface area contributed by atoms with Crippen LogP contribution in [-0.2, 0) is 15.6 Å². The van der Waals surface area contributed by atoms with Gasteiger partial charge in [0.25, 0.3) is 0 Å². The van der Waals surface area contributed by atoms with Gasteiger partial charge in [0.15, 0.2) is 0 Å². The van der Waals surface area contributed by atoms with E-state index in [9.17, 15) is 27.2 Å². The molecular formula is C45H44F4N10O2. The Labute approximate surface area is 350 Å². The van der Waals surface area contributed by atoms with Gasteiger partial charge >= 0.3 is 0 Å². The Bertz CT molecular complexity index is 2510. The summed E-state index contributed by atoms with van der Waals surface area (Å²) >= 11 is 0. The van der Waals surface area contributed by atoms with E-state index in [0.717, 1.165) is 34.4 Å². The molecule has 4 aromatic heterocycles. The number of aromatic nitrogens is 6. The van der Waals surface area contributed by atoms with E-state index in [1.165, 1.54) is 41.6 Å². The maximum atomic E-state index is 14.3. The number of aryl methyl sites for hydroxylation is 2. The van der Waals surface area contributed by atoms with Crippen molar-refractivity contribution in [3.63, 3.8) is 0 Å². The van der Waals surface area contributed by atoms with Gasteiger partial charge in [0, 0.05) is 65.7 Å². The maximum Gasteiger partial charge on any atom is 0.248 e. The van der Waals surface area contributed by atoms with Crippen LogP contribution in [0.3, 0.4) is 0 Å². The van der Waals surface area contributed by atoms with Gasteiger partial charge in [-0.2, -0.15) is 0 Å². The third kappa shape index (κ3) is 9.48. The van der Waals surface area contributed by atoms with Crippen molar-refractivity contribution in [1.29, 1.82) is 0 Å². The summed E-state index contributed by atoms with van der Waals surface area (Å²) in [5.41, 5.74) is 10.4. The Morgan fingerprint density at radius 1 is 0.721 bits per heavy atom. The van der Waals surface area contributed by atoms with Crippen molar-refractivity contribution in [1.82, 2.24) is 30.4 Å². The van der Waals surface area contributed by atoms with Gasteiger partial charge in [-0.3, -0.25) is 19.6 Å². The van der Waals surface area contributed by atoms with Crippen molar-refractivity contribution in [2.75, 3.05) is 35.7 Å². The molecule has 12 nitrogen and oxygen atoms in total. The fourth-order valence-electron chi connectivity index (χ4n) is 7.90. The van der Waals surface area contributed by atoms with Gasteiger partial charge in [-0.1, -0.05) is 0 Å². The SMILES string of the molecule is Cc1cc(-c2ccc(NCC3(c4ncccc4F)CC(F)C3)nn2)cc(N(C)C=O)c1.Cc1cc(C(N)=O)cc(-c2ccc(NCC3(c4ncccc4F)CC(F)C3)nn2)c1. The van der Waals surface area contributed by atoms with Crippen molar-refractivity contribution in [3.05, 3.63) is 137 Å². The zero-order valence-corrected chi connectivity index (χ0v) is 33.7. The first-order valence-corrected chi connectivity index (χ1v) is 19.6. The molecular weight excluding hydrogens is 789 g/mol. The Morgan fingerprint density at radius 2 is 1.20 bits per heavy atom. The van der Waals surface area contributed by atoms with Crippen molar-refractivity contribution < 1.29 is 27.2 Å². The van der Waals surface area contributed by atoms with E-state index in [4.69, 9.17) is 5.73 Å². The molecule has 2 aliphatic rings. The predicted molar refractivity (Wildman–Crippen MR) is 224 cm³/mol. The van der Waals surface area contributed by atoms with Crippen LogP contribution in [0.25, 0.3) is 22.5 Å². The van der Waals surface area contributed by atoms with Crippen LogP contribution in [0.15, 0.2) is 97.3 Å². The van der Waals surface area contributed by atoms with E-state index >= 15 is 0 Å². The molecule has 0 aliphatic heterocycles. The Hall–Kier alpha value is -6.84. The Morgan fingerprint density at radius 3 is 1.61 bits per heavy atom. The fourth-order valence-corrected chi connectivity index (χ4v) is 7.90. The van der Waals surface area contributed by atoms with Crippen LogP contribution in [0, 0.1) is 25.5 Å². The zero-order chi connectivity index (χ0) is 43.3. The van der Waals surface area contributed by atoms with Crippen LogP contribution < -0.4 is 21.3 Å². The van der Waals surface area contributed by atoms with Crippen molar-refractivity contribution in [2.45, 2.75) is 62.7 Å². The molecule has 0 spiro atoms. The Balaban J connectivity index is 0.000000184. The molecule has 61 heavy (non-hydrogen) atoms. The lowest BCUT2D eigenvalue weighted by Gasteiger charge is -2.44. The minimum Gasteiger partial charge on any atom is -0.368 e. The van der Waals surface area contributed by atoms with E-state index in [-0.39, 0.29) is 37.1 Å². The summed E-state index contributed by atoms with van der Waals surface area (Å²) in [7, 11) is 1.69. The summed E-state index contributed by atoms with van der Waals surface area (Å²) in [5.74, 6) is -0.366. The number of amides is 2. The summed E-state index contributed by atoms with van der Waals surface area (Å²) in [6, 6.07) is 23.9. The van der Waals surface area contributed by atoms with Crippen molar-refractivity contribution in [3.8, 4) is 22.5 Å². The molecule has 6 aromatic rings. The number of nitrogens with two attached hydrogens (primary N) is 1. The van der Waals surface area contributed by atoms with Gasteiger partial charge in [0.2, 0.25) is 12.3 Å². The third-order valence-corrected chi connectivity index (χ3v) is 11.1. The summed E-state index contributed by atoms with van der Waals surface area (Å²) in [6.07, 6.45) is 2.71. The number of hydrogen-bond acceptors (Lipinski definition) is 10. The second-order valence-corrected chi connectivity index (χ2v) is 15.8. The first-order valence-electron chi connectivity index (χ1n) is 19.6. The first kappa shape index (κ1) is 42.3. The lowest BCUT2D eigenvalue weighted by molar-refractivity contribution is -0.107. The maximum absolute atomic E-state index is 14.3. The molecule has 0 radical (unpaired) electrons. The number of anilines is 3. The van der Waals surface area contributed by atoms with Gasteiger partial charge in [0.05, 0.1) is 22.8 Å². The smallest absolute Gasteiger partial charge is 0.248 e. The van der Waals surface area contributed by atoms with Crippen LogP contribution in [0.5, 0.6) is 0 Å². The highest BCUT2D eigenvalue weighted by molar-refractivity contribution is 5.94. The van der Waals surface area contributed by atoms with E-state index in [1.54, 1.807) is 37.4 Å². The van der Waals surface area contributed by atoms with Gasteiger partial charge in [-0.25, -0.2) is 17.6 Å². The summed E-state index contributed by atoms with van der Waals surface area (Å²) < 4.78 is 55.9. The number of rotatable bonds is 13. The molecule has 4 N–H and O–H groups in total. The number of carbonyl (C=O) groups excluding carboxylic acids is 2. The molecule has 0 unspecified atom stereocenters. The van der Waals surface area contributed by atoms with Crippen LogP contribution in [0.1, 0.15) is 58.6 Å². The molecule has 2 aliphatic carbocycles. The largest absolute Gasteiger partial charge is 0.368 e. The third-order valence-electron chi connectivity index (χ3n) is 11.1. The summed E-state index contributed by atoms with van der Waals surface area (Å²) in [4.78, 5) is 32.4. The van der Waals surface area contributed by atoms with E-state index in [0.29, 0.717) is 41.7 Å². The van der Waals surface area contributed by atoms with Crippen LogP contribution in [0.4, 0.5) is 34.9 Å². The number of primary amides is 1. The lowest BCUT2D eigenvalue weighted by atomic mass is 9.65. The number of nitrogens with zero attached hydrogens (tertiary/aromatic N) is 7. The van der Waals surface area contributed by atoms with Gasteiger partial charge in [0.1, 0.15) is 35.6 Å². The highest BCUT2D eigenvalue weighted by atomic mass is 19.1. The average Bonchev–Trinajstić information content (AvgIpc) is 3.23. The summed E-state index contributed by atoms with van der Waals surface area (Å²) in [6.45, 7) is 4.42. The fraction of sp³-hybridized carbons (Fsp3) is 0.289. The quantitative estimate of drug-likeness (QED) is 0.0779. The molecule has 0 bridgehead atoms. The molecule has 16 heteroatoms. The number of nitrogens with one attached hydrogen (secondary N) is 2. The number of halogens is 4. The molecule has 2 aromatic carbocycles. The van der Waals surface area contributed by atoms with Crippen LogP contribution in [0.2, 0.25) is 0 Å². The standard InChI is InChI=1S/C23H23F2N5O.C22H21F2N5O/c1-15-8-16(10-18(9-15)30(2)14-31)20-5-6-21(29-28-20)27-13-23(11-17(24)12-23)22-19(25)4-3-7-26-22;1-13-7-14(9-15(8-13)21(25)30)18-4-5-19(29-28-18)27-12-22(10-16(23)11-22)20-17(24)3-2-6-26-20/h3-10,14,17H,11-13H2,1-2H3,(H,27,29);2-9,16H,10-12H2,1H3,(H2,25,30)(H,27,29). The summed E-state index contributed by atoms with van der Waals surface area (Å²) in [5, 5.41) is 23.2. The molecule has 4 heterocycles. The number of alkyl halides is 2. The topological polar surface area (TPSA) is 165 Å². The van der Waals surface area contributed by atoms with Crippen molar-refractivity contribution >= 4 is 29.6 Å². The normalized spacial score (nSPS) is 20.2. The van der Waals surface area contributed by atoms with E-state index in [1.807, 2.05) is 44.2 Å². The highest BCUT2D eigenvalue weighted by Gasteiger charge is 2.49. The second kappa shape index (κ2) is 17.8. The van der Waals surface area contributed by atoms with Crippen LogP contribution >= 0.6 is 0 Å². The van der Waals surface area contributed by atoms with Crippen molar-refractivity contribution in [2.24, 2.45) is 5.73 Å². The average molecular weight is 833 g/mol. The minimum absolute atomic E-state index is 0.207. The van der Waals surface area contributed by atoms with Gasteiger partial charge in [-0.05, 0) is 136 Å². The molecule has 2 saturated carbocycles. The predicted octanol–water partition coefficient (Wildman–Crippen LogP) is 7.63. The first-order chi connectivity index (χ1) is 29.3. The number of carbonyl (C=O) groups is 2. The molecule has 0 atom stereocenters. The van der Waals surface area contributed by atoms with E-state index < -0.39 is 40.7 Å². The second-order valence-electron chi connectivity index (χ2n) is 15.8. The lowest BCUT2D eigenvalue weighted by Crippen LogP contribution is -2.49. The molecule has 8 rings (SSSR count). The van der Waals surface area contributed by atoms with Crippen LogP contribution in [-0.4, -0.2) is 75.2 Å². The molecule has 2 amide bonds. The zero-order valence-electron chi connectivity index (χ0n) is 33.7. The Kier molecular flexibility index (Phi) is 12.3. The number of hydrogen-bond donors (Lipinski definition) is 3. The monoisotopic (exact) mass is 832 g/mol. The van der Waals surface area contributed by atoms with E-state index in [2.05, 4.69) is 41.0 Å². The highest BCUT2D eigenvalue weighted by Crippen LogP contribution is 2.46. The molecule has 314 valence electrons. The van der Waals surface area contributed by atoms with Gasteiger partial charge < -0.3 is 21.3 Å². The molecule has 0 saturated heterocycles. The number of pyridine rings is 2. The van der Waals surface area contributed by atoms with Gasteiger partial charge in [-0.15, -0.1) is 20.4 Å². The molecule has 2 fully saturated rings.